The molecule has 0 aliphatic carbocycles. The molecular weight excluding hydrogens is 438 g/mol. The van der Waals surface area contributed by atoms with Gasteiger partial charge in [0.15, 0.2) is 0 Å². The van der Waals surface area contributed by atoms with Gasteiger partial charge in [0.25, 0.3) is 5.91 Å². The number of ether oxygens (including phenoxy) is 1. The summed E-state index contributed by atoms with van der Waals surface area (Å²) in [4.78, 5) is 15.6. The van der Waals surface area contributed by atoms with Crippen LogP contribution in [0.2, 0.25) is 0 Å². The van der Waals surface area contributed by atoms with E-state index in [0.29, 0.717) is 31.8 Å². The monoisotopic (exact) mass is 471 g/mol. The van der Waals surface area contributed by atoms with Crippen LogP contribution < -0.4 is 10.2 Å². The van der Waals surface area contributed by atoms with Gasteiger partial charge in [-0.15, -0.1) is 0 Å². The maximum atomic E-state index is 13.3. The molecule has 2 aromatic rings. The van der Waals surface area contributed by atoms with Crippen molar-refractivity contribution in [3.05, 3.63) is 59.2 Å². The Morgan fingerprint density at radius 3 is 2.21 bits per heavy atom. The number of rotatable bonds is 8. The van der Waals surface area contributed by atoms with E-state index in [1.54, 1.807) is 29.6 Å². The Morgan fingerprint density at radius 2 is 1.55 bits per heavy atom. The van der Waals surface area contributed by atoms with Gasteiger partial charge in [-0.3, -0.25) is 4.79 Å². The van der Waals surface area contributed by atoms with Crippen LogP contribution in [0.4, 0.5) is 5.69 Å². The van der Waals surface area contributed by atoms with Gasteiger partial charge in [-0.1, -0.05) is 30.7 Å². The highest BCUT2D eigenvalue weighted by atomic mass is 32.2. The van der Waals surface area contributed by atoms with Gasteiger partial charge in [0.1, 0.15) is 0 Å². The zero-order chi connectivity index (χ0) is 23.3. The number of nitrogens with one attached hydrogen (secondary N) is 1. The fraction of sp³-hybridized carbons (Fsp3) is 0.480. The summed E-state index contributed by atoms with van der Waals surface area (Å²) in [7, 11) is -1.95. The number of piperidine rings is 1. The molecule has 2 saturated heterocycles. The second kappa shape index (κ2) is 10.7. The molecule has 8 heteroatoms. The number of nitrogens with zero attached hydrogens (tertiary/aromatic N) is 2. The molecular formula is C25H33N3O4S. The van der Waals surface area contributed by atoms with Crippen LogP contribution in [-0.4, -0.2) is 51.9 Å². The molecule has 1 N–H and O–H groups in total. The van der Waals surface area contributed by atoms with Crippen molar-refractivity contribution in [2.75, 3.05) is 38.2 Å². The summed E-state index contributed by atoms with van der Waals surface area (Å²) in [6.45, 7) is 3.74. The van der Waals surface area contributed by atoms with Gasteiger partial charge in [-0.2, -0.15) is 4.31 Å². The molecule has 0 radical (unpaired) electrons. The third-order valence-corrected chi connectivity index (χ3v) is 8.29. The molecule has 178 valence electrons. The van der Waals surface area contributed by atoms with Crippen molar-refractivity contribution >= 4 is 21.6 Å². The third-order valence-electron chi connectivity index (χ3n) is 6.40. The molecule has 2 aromatic carbocycles. The Hall–Kier alpha value is -2.42. The first-order valence-corrected chi connectivity index (χ1v) is 13.2. The summed E-state index contributed by atoms with van der Waals surface area (Å²) in [6, 6.07) is 12.9. The van der Waals surface area contributed by atoms with Crippen molar-refractivity contribution in [1.29, 1.82) is 0 Å². The van der Waals surface area contributed by atoms with Crippen molar-refractivity contribution in [3.63, 3.8) is 0 Å². The van der Waals surface area contributed by atoms with Gasteiger partial charge in [-0.25, -0.2) is 8.42 Å². The molecule has 1 amide bonds. The fourth-order valence-electron chi connectivity index (χ4n) is 4.54. The Bertz CT molecular complexity index is 1060. The number of carbonyl (C=O) groups is 1. The van der Waals surface area contributed by atoms with Gasteiger partial charge in [0, 0.05) is 45.5 Å². The number of sulfonamides is 1. The van der Waals surface area contributed by atoms with Crippen LogP contribution in [0.15, 0.2) is 47.4 Å². The number of hydrogen-bond donors (Lipinski definition) is 1. The molecule has 0 bridgehead atoms. The van der Waals surface area contributed by atoms with Crippen molar-refractivity contribution in [1.82, 2.24) is 9.62 Å². The largest absolute Gasteiger partial charge is 0.380 e. The van der Waals surface area contributed by atoms with E-state index in [1.165, 1.54) is 0 Å². The average Bonchev–Trinajstić information content (AvgIpc) is 3.39. The predicted molar refractivity (Wildman–Crippen MR) is 129 cm³/mol. The number of benzene rings is 2. The minimum Gasteiger partial charge on any atom is -0.380 e. The standard InChI is InChI=1S/C25H33N3O4S/c1-32-19-21-9-7-20(8-10-21)18-26-25(29)23-17-22(11-12-24(23)27-13-5-6-14-27)33(30,31)28-15-3-2-4-16-28/h7-12,17H,2-6,13-16,18-19H2,1H3,(H,26,29). The Balaban J connectivity index is 1.57. The van der Waals surface area contributed by atoms with E-state index in [9.17, 15) is 13.2 Å². The fourth-order valence-corrected chi connectivity index (χ4v) is 6.09. The van der Waals surface area contributed by atoms with Crippen molar-refractivity contribution in [2.24, 2.45) is 0 Å². The number of anilines is 1. The first-order valence-electron chi connectivity index (χ1n) is 11.7. The van der Waals surface area contributed by atoms with Crippen LogP contribution in [0.3, 0.4) is 0 Å². The van der Waals surface area contributed by atoms with Crippen LogP contribution in [0.25, 0.3) is 0 Å². The molecule has 33 heavy (non-hydrogen) atoms. The third kappa shape index (κ3) is 5.57. The summed E-state index contributed by atoms with van der Waals surface area (Å²) >= 11 is 0. The van der Waals surface area contributed by atoms with Crippen molar-refractivity contribution in [2.45, 2.75) is 50.2 Å². The van der Waals surface area contributed by atoms with E-state index in [4.69, 9.17) is 4.74 Å². The predicted octanol–water partition coefficient (Wildman–Crippen LogP) is 3.54. The lowest BCUT2D eigenvalue weighted by Crippen LogP contribution is -2.36. The highest BCUT2D eigenvalue weighted by Crippen LogP contribution is 2.29. The summed E-state index contributed by atoms with van der Waals surface area (Å²) in [6.07, 6.45) is 4.95. The van der Waals surface area contributed by atoms with Crippen LogP contribution in [0.5, 0.6) is 0 Å². The van der Waals surface area contributed by atoms with Crippen LogP contribution in [0, 0.1) is 0 Å². The molecule has 2 fully saturated rings. The molecule has 2 aliphatic rings. The minimum absolute atomic E-state index is 0.196. The maximum Gasteiger partial charge on any atom is 0.253 e. The van der Waals surface area contributed by atoms with Crippen LogP contribution in [-0.2, 0) is 27.9 Å². The van der Waals surface area contributed by atoms with Crippen LogP contribution in [0.1, 0.15) is 53.6 Å². The molecule has 4 rings (SSSR count). The van der Waals surface area contributed by atoms with Gasteiger partial charge < -0.3 is 15.0 Å². The maximum absolute atomic E-state index is 13.3. The molecule has 0 aromatic heterocycles. The van der Waals surface area contributed by atoms with Crippen molar-refractivity contribution in [3.8, 4) is 0 Å². The quantitative estimate of drug-likeness (QED) is 0.637. The number of methoxy groups -OCH3 is 1. The van der Waals surface area contributed by atoms with E-state index in [-0.39, 0.29) is 10.8 Å². The molecule has 0 unspecified atom stereocenters. The summed E-state index contributed by atoms with van der Waals surface area (Å²) in [5.41, 5.74) is 3.27. The number of hydrogen-bond acceptors (Lipinski definition) is 5. The Kier molecular flexibility index (Phi) is 7.67. The number of amides is 1. The van der Waals surface area contributed by atoms with E-state index < -0.39 is 10.0 Å². The Labute approximate surface area is 196 Å². The lowest BCUT2D eigenvalue weighted by molar-refractivity contribution is 0.0951. The smallest absolute Gasteiger partial charge is 0.253 e. The first kappa shape index (κ1) is 23.7. The van der Waals surface area contributed by atoms with Crippen LogP contribution >= 0.6 is 0 Å². The van der Waals surface area contributed by atoms with E-state index in [1.807, 2.05) is 24.3 Å². The zero-order valence-electron chi connectivity index (χ0n) is 19.3. The number of carbonyl (C=O) groups excluding carboxylic acids is 1. The molecule has 2 heterocycles. The second-order valence-corrected chi connectivity index (χ2v) is 10.7. The minimum atomic E-state index is -3.61. The lowest BCUT2D eigenvalue weighted by Gasteiger charge is -2.27. The van der Waals surface area contributed by atoms with E-state index in [0.717, 1.165) is 62.0 Å². The first-order chi connectivity index (χ1) is 16.0. The normalized spacial score (nSPS) is 17.3. The highest BCUT2D eigenvalue weighted by Gasteiger charge is 2.28. The second-order valence-electron chi connectivity index (χ2n) is 8.77. The van der Waals surface area contributed by atoms with E-state index in [2.05, 4.69) is 10.2 Å². The highest BCUT2D eigenvalue weighted by molar-refractivity contribution is 7.89. The van der Waals surface area contributed by atoms with Gasteiger partial charge in [-0.05, 0) is 55.0 Å². The Morgan fingerprint density at radius 1 is 0.909 bits per heavy atom. The topological polar surface area (TPSA) is 78.9 Å². The van der Waals surface area contributed by atoms with Gasteiger partial charge in [0.2, 0.25) is 10.0 Å². The summed E-state index contributed by atoms with van der Waals surface area (Å²) < 4.78 is 33.1. The molecule has 0 saturated carbocycles. The molecule has 2 aliphatic heterocycles. The van der Waals surface area contributed by atoms with Crippen molar-refractivity contribution < 1.29 is 17.9 Å². The molecule has 0 spiro atoms. The summed E-state index contributed by atoms with van der Waals surface area (Å²) in [5, 5.41) is 2.98. The van der Waals surface area contributed by atoms with Gasteiger partial charge in [0.05, 0.1) is 17.1 Å². The van der Waals surface area contributed by atoms with E-state index >= 15 is 0 Å². The average molecular weight is 472 g/mol. The summed E-state index contributed by atoms with van der Waals surface area (Å²) in [5.74, 6) is -0.256. The van der Waals surface area contributed by atoms with Gasteiger partial charge >= 0.3 is 0 Å². The molecule has 0 atom stereocenters. The molecule has 7 nitrogen and oxygen atoms in total. The lowest BCUT2D eigenvalue weighted by atomic mass is 10.1. The zero-order valence-corrected chi connectivity index (χ0v) is 20.1. The SMILES string of the molecule is COCc1ccc(CNC(=O)c2cc(S(=O)(=O)N3CCCCC3)ccc2N2CCCC2)cc1.